The lowest BCUT2D eigenvalue weighted by Crippen LogP contribution is -1.91. The van der Waals surface area contributed by atoms with Crippen LogP contribution in [0.15, 0.2) is 0 Å². The molecule has 0 rings (SSSR count). The summed E-state index contributed by atoms with van der Waals surface area (Å²) in [5.41, 5.74) is 0. The fourth-order valence-electron chi connectivity index (χ4n) is 0. The smallest absolute Gasteiger partial charge is 0.412 e. The van der Waals surface area contributed by atoms with Crippen molar-refractivity contribution >= 4 is 58.0 Å². The molecule has 0 bridgehead atoms. The summed E-state index contributed by atoms with van der Waals surface area (Å²) in [7, 11) is 0. The SMILES string of the molecule is Cl[Si](Cl)(Cl)Cl.O.[B]. The first-order chi connectivity index (χ1) is 2.00. The summed E-state index contributed by atoms with van der Waals surface area (Å²) in [6.45, 7) is 0. The molecule has 0 heterocycles. The molecule has 0 saturated carbocycles. The summed E-state index contributed by atoms with van der Waals surface area (Å²) in [5, 5.41) is -2.72. The van der Waals surface area contributed by atoms with Crippen LogP contribution in [0.2, 0.25) is 0 Å². The average molecular weight is 199 g/mol. The highest BCUT2D eigenvalue weighted by Gasteiger charge is 2.19. The summed E-state index contributed by atoms with van der Waals surface area (Å²) < 4.78 is 0. The third kappa shape index (κ3) is 110. The van der Waals surface area contributed by atoms with Crippen LogP contribution < -0.4 is 0 Å². The van der Waals surface area contributed by atoms with Crippen molar-refractivity contribution in [1.29, 1.82) is 0 Å². The van der Waals surface area contributed by atoms with Crippen molar-refractivity contribution < 1.29 is 5.48 Å². The van der Waals surface area contributed by atoms with Gasteiger partial charge in [0, 0.05) is 8.41 Å². The molecular weight excluding hydrogens is 197 g/mol. The highest BCUT2D eigenvalue weighted by molar-refractivity contribution is 7.81. The lowest BCUT2D eigenvalue weighted by Gasteiger charge is -1.85. The number of rotatable bonds is 0. The normalized spacial score (nSPS) is 8.57. The van der Waals surface area contributed by atoms with Crippen molar-refractivity contribution in [3.8, 4) is 0 Å². The van der Waals surface area contributed by atoms with E-state index < -0.39 is 5.31 Å². The molecule has 0 aromatic heterocycles. The highest BCUT2D eigenvalue weighted by Crippen LogP contribution is 2.23. The molecule has 0 unspecified atom stereocenters. The third-order valence-corrected chi connectivity index (χ3v) is 0. The molecule has 0 aromatic carbocycles. The van der Waals surface area contributed by atoms with Crippen molar-refractivity contribution in [2.24, 2.45) is 0 Å². The standard InChI is InChI=1S/B.Cl4Si.H2O/c;1-5(2,3)4;/h;;1H2. The van der Waals surface area contributed by atoms with Gasteiger partial charge in [-0.3, -0.25) is 0 Å². The largest absolute Gasteiger partial charge is 0.440 e. The molecule has 7 heavy (non-hydrogen) atoms. The summed E-state index contributed by atoms with van der Waals surface area (Å²) >= 11 is 19.9. The van der Waals surface area contributed by atoms with E-state index in [2.05, 4.69) is 0 Å². The van der Waals surface area contributed by atoms with Gasteiger partial charge in [0.1, 0.15) is 0 Å². The van der Waals surface area contributed by atoms with Gasteiger partial charge >= 0.3 is 5.31 Å². The summed E-state index contributed by atoms with van der Waals surface area (Å²) in [6.07, 6.45) is 0. The van der Waals surface area contributed by atoms with Gasteiger partial charge in [-0.2, -0.15) is 0 Å². The lowest BCUT2D eigenvalue weighted by molar-refractivity contribution is 0.824. The molecule has 43 valence electrons. The van der Waals surface area contributed by atoms with E-state index in [-0.39, 0.29) is 13.9 Å². The van der Waals surface area contributed by atoms with E-state index in [1.807, 2.05) is 0 Å². The summed E-state index contributed by atoms with van der Waals surface area (Å²) in [5.74, 6) is 0. The van der Waals surface area contributed by atoms with Crippen LogP contribution in [0, 0.1) is 0 Å². The Bertz CT molecular complexity index is 27.2. The Kier molecular flexibility index (Phi) is 12.5. The van der Waals surface area contributed by atoms with Gasteiger partial charge in [-0.25, -0.2) is 0 Å². The van der Waals surface area contributed by atoms with E-state index in [0.717, 1.165) is 0 Å². The van der Waals surface area contributed by atoms with E-state index in [0.29, 0.717) is 0 Å². The predicted molar refractivity (Wildman–Crippen MR) is 38.5 cm³/mol. The Morgan fingerprint density at radius 2 is 0.857 bits per heavy atom. The zero-order valence-corrected chi connectivity index (χ0v) is 7.11. The van der Waals surface area contributed by atoms with Crippen LogP contribution in [0.25, 0.3) is 0 Å². The van der Waals surface area contributed by atoms with Gasteiger partial charge in [0.05, 0.1) is 0 Å². The van der Waals surface area contributed by atoms with Crippen molar-refractivity contribution in [3.63, 3.8) is 0 Å². The van der Waals surface area contributed by atoms with Gasteiger partial charge in [-0.1, -0.05) is 0 Å². The van der Waals surface area contributed by atoms with Crippen LogP contribution in [0.5, 0.6) is 0 Å². The Hall–Kier alpha value is 1.40. The molecule has 0 amide bonds. The van der Waals surface area contributed by atoms with E-state index in [1.165, 1.54) is 0 Å². The fraction of sp³-hybridized carbons (Fsp3) is 0. The first-order valence-electron chi connectivity index (χ1n) is 0.756. The number of hydrogen-bond acceptors (Lipinski definition) is 0. The Balaban J connectivity index is -0.0000000800. The van der Waals surface area contributed by atoms with Crippen LogP contribution in [-0.2, 0) is 0 Å². The van der Waals surface area contributed by atoms with Crippen LogP contribution in [0.3, 0.4) is 0 Å². The van der Waals surface area contributed by atoms with Gasteiger partial charge in [0.15, 0.2) is 0 Å². The maximum absolute atomic E-state index is 4.97. The van der Waals surface area contributed by atoms with E-state index in [4.69, 9.17) is 44.3 Å². The molecule has 2 N–H and O–H groups in total. The quantitative estimate of drug-likeness (QED) is 0.414. The second-order valence-electron chi connectivity index (χ2n) is 0.429. The number of halogens is 4. The summed E-state index contributed by atoms with van der Waals surface area (Å²) in [4.78, 5) is 0. The van der Waals surface area contributed by atoms with Gasteiger partial charge in [0.25, 0.3) is 0 Å². The molecule has 7 heteroatoms. The second-order valence-corrected chi connectivity index (χ2v) is 11.6. The zero-order chi connectivity index (χ0) is 4.50. The lowest BCUT2D eigenvalue weighted by atomic mass is 10.8. The van der Waals surface area contributed by atoms with Crippen LogP contribution in [0.4, 0.5) is 0 Å². The van der Waals surface area contributed by atoms with Gasteiger partial charge < -0.3 is 5.48 Å². The molecule has 0 saturated heterocycles. The minimum atomic E-state index is -2.72. The molecule has 0 atom stereocenters. The molecule has 0 fully saturated rings. The molecule has 0 spiro atoms. The van der Waals surface area contributed by atoms with Crippen LogP contribution >= 0.6 is 44.3 Å². The molecule has 1 nitrogen and oxygen atoms in total. The zero-order valence-electron chi connectivity index (χ0n) is 3.09. The Morgan fingerprint density at radius 1 is 0.857 bits per heavy atom. The van der Waals surface area contributed by atoms with Crippen LogP contribution in [0.1, 0.15) is 0 Å². The molecule has 0 aliphatic rings. The molecule has 0 aromatic rings. The van der Waals surface area contributed by atoms with E-state index in [9.17, 15) is 0 Å². The molecule has 0 aliphatic heterocycles. The minimum absolute atomic E-state index is 0. The highest BCUT2D eigenvalue weighted by atomic mass is 36.0. The molecular formula is H2BCl4OSi. The van der Waals surface area contributed by atoms with E-state index in [1.54, 1.807) is 0 Å². The Morgan fingerprint density at radius 3 is 0.857 bits per heavy atom. The summed E-state index contributed by atoms with van der Waals surface area (Å²) in [6, 6.07) is 0. The number of hydrogen-bond donors (Lipinski definition) is 0. The van der Waals surface area contributed by atoms with Gasteiger partial charge in [0.2, 0.25) is 0 Å². The van der Waals surface area contributed by atoms with Crippen molar-refractivity contribution in [2.45, 2.75) is 0 Å². The van der Waals surface area contributed by atoms with Gasteiger partial charge in [-0.05, 0) is 0 Å². The minimum Gasteiger partial charge on any atom is -0.412 e. The molecule has 0 aliphatic carbocycles. The first kappa shape index (κ1) is 15.8. The maximum atomic E-state index is 4.97. The van der Waals surface area contributed by atoms with Crippen molar-refractivity contribution in [2.75, 3.05) is 0 Å². The topological polar surface area (TPSA) is 31.5 Å². The Labute approximate surface area is 63.6 Å². The second kappa shape index (κ2) is 5.54. The average Bonchev–Trinajstić information content (AvgIpc) is 0.722. The molecule has 3 radical (unpaired) electrons. The van der Waals surface area contributed by atoms with Crippen LogP contribution in [-0.4, -0.2) is 19.2 Å². The fourth-order valence-corrected chi connectivity index (χ4v) is 0. The van der Waals surface area contributed by atoms with Crippen molar-refractivity contribution in [3.05, 3.63) is 0 Å². The third-order valence-electron chi connectivity index (χ3n) is 0. The first-order valence-corrected chi connectivity index (χ1v) is 6.80. The predicted octanol–water partition coefficient (Wildman–Crippen LogP) is 1.17. The van der Waals surface area contributed by atoms with Crippen molar-refractivity contribution in [1.82, 2.24) is 0 Å². The maximum Gasteiger partial charge on any atom is 0.440 e. The monoisotopic (exact) mass is 197 g/mol. The van der Waals surface area contributed by atoms with Gasteiger partial charge in [-0.15, -0.1) is 44.3 Å². The van der Waals surface area contributed by atoms with E-state index >= 15 is 0 Å².